The number of carbonyl (C=O) groups is 2. The summed E-state index contributed by atoms with van der Waals surface area (Å²) in [5, 5.41) is 0. The molecule has 0 aromatic heterocycles. The van der Waals surface area contributed by atoms with Crippen molar-refractivity contribution in [3.05, 3.63) is 48.1 Å². The monoisotopic (exact) mass is 501 g/mol. The van der Waals surface area contributed by atoms with E-state index in [1.54, 1.807) is 56.3 Å². The Hall–Kier alpha value is -2.74. The highest BCUT2D eigenvalue weighted by Gasteiger charge is 2.48. The molecular formula is C28H37F2N3O3. The van der Waals surface area contributed by atoms with E-state index in [2.05, 4.69) is 4.90 Å². The molecule has 1 unspecified atom stereocenters. The number of halogens is 2. The number of alkyl halides is 2. The molecule has 2 heterocycles. The molecule has 2 saturated heterocycles. The molecule has 1 aromatic carbocycles. The fourth-order valence-corrected chi connectivity index (χ4v) is 5.49. The fraction of sp³-hybridized carbons (Fsp3) is 0.571. The summed E-state index contributed by atoms with van der Waals surface area (Å²) in [5.41, 5.74) is 2.89. The fourth-order valence-electron chi connectivity index (χ4n) is 5.49. The van der Waals surface area contributed by atoms with Gasteiger partial charge in [0.25, 0.3) is 5.91 Å². The zero-order valence-electron chi connectivity index (χ0n) is 21.2. The normalized spacial score (nSPS) is 25.6. The summed E-state index contributed by atoms with van der Waals surface area (Å²) in [4.78, 5) is 28.5. The van der Waals surface area contributed by atoms with Gasteiger partial charge < -0.3 is 20.3 Å². The number of amides is 2. The Balaban J connectivity index is 1.37. The van der Waals surface area contributed by atoms with Gasteiger partial charge in [-0.1, -0.05) is 30.4 Å². The van der Waals surface area contributed by atoms with E-state index < -0.39 is 29.2 Å². The van der Waals surface area contributed by atoms with Gasteiger partial charge in [0.15, 0.2) is 0 Å². The molecule has 1 aliphatic carbocycles. The van der Waals surface area contributed by atoms with Crippen molar-refractivity contribution >= 4 is 17.4 Å². The molecule has 2 N–H and O–H groups in total. The van der Waals surface area contributed by atoms with Gasteiger partial charge in [-0.3, -0.25) is 9.59 Å². The Morgan fingerprint density at radius 1 is 1.14 bits per heavy atom. The molecule has 36 heavy (non-hydrogen) atoms. The Labute approximate surface area is 212 Å². The highest BCUT2D eigenvalue weighted by atomic mass is 19.1. The second-order valence-electron chi connectivity index (χ2n) is 10.8. The van der Waals surface area contributed by atoms with E-state index in [0.29, 0.717) is 49.8 Å². The van der Waals surface area contributed by atoms with Gasteiger partial charge in [0.2, 0.25) is 11.6 Å². The zero-order valence-corrected chi connectivity index (χ0v) is 21.2. The van der Waals surface area contributed by atoms with Crippen molar-refractivity contribution in [2.75, 3.05) is 32.8 Å². The number of benzene rings is 1. The number of hydrogen-bond donors (Lipinski definition) is 1. The number of carbonyl (C=O) groups excluding carboxylic acids is 2. The maximum atomic E-state index is 16.3. The quantitative estimate of drug-likeness (QED) is 0.583. The molecule has 3 aliphatic rings. The predicted molar refractivity (Wildman–Crippen MR) is 136 cm³/mol. The number of nitrogens with zero attached hydrogens (tertiary/aromatic N) is 2. The van der Waals surface area contributed by atoms with Crippen LogP contribution in [0.2, 0.25) is 0 Å². The van der Waals surface area contributed by atoms with Crippen molar-refractivity contribution in [3.63, 3.8) is 0 Å². The molecule has 2 amide bonds. The summed E-state index contributed by atoms with van der Waals surface area (Å²) >= 11 is 0. The van der Waals surface area contributed by atoms with E-state index in [0.717, 1.165) is 25.9 Å². The molecule has 0 spiro atoms. The third kappa shape index (κ3) is 5.97. The van der Waals surface area contributed by atoms with Gasteiger partial charge in [0.05, 0.1) is 6.61 Å². The molecule has 1 aromatic rings. The number of ether oxygens (including phenoxy) is 1. The lowest BCUT2D eigenvalue weighted by Crippen LogP contribution is -2.52. The molecule has 0 saturated carbocycles. The van der Waals surface area contributed by atoms with Crippen molar-refractivity contribution in [3.8, 4) is 5.75 Å². The third-order valence-corrected chi connectivity index (χ3v) is 7.36. The lowest BCUT2D eigenvalue weighted by Gasteiger charge is -2.34. The minimum Gasteiger partial charge on any atom is -0.493 e. The first-order valence-electron chi connectivity index (χ1n) is 12.9. The first-order chi connectivity index (χ1) is 17.1. The summed E-state index contributed by atoms with van der Waals surface area (Å²) in [6.45, 7) is 6.30. The average Bonchev–Trinajstić information content (AvgIpc) is 3.33. The van der Waals surface area contributed by atoms with Crippen molar-refractivity contribution < 1.29 is 23.1 Å². The standard InChI is InChI=1S/C28H37F2N3O3/c1-27(2,29)19-32-16-12-20(13-17-32)18-36-22-10-8-21(9-11-22)23-6-3-4-14-28(23,30)26(35)33-15-5-7-24(33)25(31)34/h3-4,6,8-11,20,24H,5,7,12-19H2,1-2H3,(H2,31,34)/t24-,28?/m0/s1. The summed E-state index contributed by atoms with van der Waals surface area (Å²) < 4.78 is 36.2. The lowest BCUT2D eigenvalue weighted by molar-refractivity contribution is -0.144. The summed E-state index contributed by atoms with van der Waals surface area (Å²) in [6.07, 6.45) is 7.93. The van der Waals surface area contributed by atoms with Crippen LogP contribution in [0.25, 0.3) is 5.57 Å². The molecular weight excluding hydrogens is 464 g/mol. The van der Waals surface area contributed by atoms with Crippen molar-refractivity contribution in [1.29, 1.82) is 0 Å². The van der Waals surface area contributed by atoms with E-state index in [4.69, 9.17) is 10.5 Å². The molecule has 4 rings (SSSR count). The van der Waals surface area contributed by atoms with Crippen LogP contribution in [0.3, 0.4) is 0 Å². The van der Waals surface area contributed by atoms with Gasteiger partial charge in [-0.15, -0.1) is 0 Å². The molecule has 8 heteroatoms. The summed E-state index contributed by atoms with van der Waals surface area (Å²) in [5.74, 6) is -0.214. The van der Waals surface area contributed by atoms with Crippen LogP contribution >= 0.6 is 0 Å². The second-order valence-corrected chi connectivity index (χ2v) is 10.8. The minimum atomic E-state index is -2.25. The minimum absolute atomic E-state index is 0.0871. The maximum absolute atomic E-state index is 16.3. The number of hydrogen-bond acceptors (Lipinski definition) is 4. The molecule has 2 aliphatic heterocycles. The van der Waals surface area contributed by atoms with Gasteiger partial charge >= 0.3 is 0 Å². The van der Waals surface area contributed by atoms with E-state index in [9.17, 15) is 14.0 Å². The van der Waals surface area contributed by atoms with Gasteiger partial charge in [0, 0.05) is 25.1 Å². The number of piperidine rings is 1. The summed E-state index contributed by atoms with van der Waals surface area (Å²) in [6, 6.07) is 6.36. The van der Waals surface area contributed by atoms with E-state index in [1.165, 1.54) is 4.90 Å². The van der Waals surface area contributed by atoms with Crippen molar-refractivity contribution in [1.82, 2.24) is 9.80 Å². The van der Waals surface area contributed by atoms with Crippen LogP contribution in [0.4, 0.5) is 8.78 Å². The predicted octanol–water partition coefficient (Wildman–Crippen LogP) is 4.05. The molecule has 6 nitrogen and oxygen atoms in total. The van der Waals surface area contributed by atoms with Gasteiger partial charge in [0.1, 0.15) is 17.5 Å². The molecule has 196 valence electrons. The van der Waals surface area contributed by atoms with Crippen LogP contribution in [0.1, 0.15) is 51.5 Å². The molecule has 2 fully saturated rings. The van der Waals surface area contributed by atoms with Gasteiger partial charge in [-0.05, 0) is 76.2 Å². The molecule has 2 atom stereocenters. The zero-order chi connectivity index (χ0) is 25.9. The summed E-state index contributed by atoms with van der Waals surface area (Å²) in [7, 11) is 0. The Morgan fingerprint density at radius 3 is 2.47 bits per heavy atom. The van der Waals surface area contributed by atoms with E-state index in [1.807, 2.05) is 0 Å². The number of likely N-dealkylation sites (tertiary alicyclic amines) is 2. The van der Waals surface area contributed by atoms with Crippen LogP contribution in [0, 0.1) is 5.92 Å². The SMILES string of the molecule is CC(C)(F)CN1CCC(COc2ccc(C3=CC=CCC3(F)C(=O)N3CCC[C@H]3C(N)=O)cc2)CC1. The van der Waals surface area contributed by atoms with Gasteiger partial charge in [-0.25, -0.2) is 8.78 Å². The lowest BCUT2D eigenvalue weighted by atomic mass is 9.82. The largest absolute Gasteiger partial charge is 0.493 e. The van der Waals surface area contributed by atoms with E-state index >= 15 is 4.39 Å². The van der Waals surface area contributed by atoms with Crippen LogP contribution in [-0.4, -0.2) is 71.8 Å². The van der Waals surface area contributed by atoms with Crippen LogP contribution < -0.4 is 10.5 Å². The number of nitrogens with two attached hydrogens (primary N) is 1. The van der Waals surface area contributed by atoms with Crippen molar-refractivity contribution in [2.24, 2.45) is 11.7 Å². The van der Waals surface area contributed by atoms with E-state index in [-0.39, 0.29) is 12.0 Å². The van der Waals surface area contributed by atoms with Crippen molar-refractivity contribution in [2.45, 2.75) is 63.3 Å². The first kappa shape index (κ1) is 26.3. The molecule has 0 bridgehead atoms. The van der Waals surface area contributed by atoms with Gasteiger partial charge in [-0.2, -0.15) is 0 Å². The molecule has 0 radical (unpaired) electrons. The third-order valence-electron chi connectivity index (χ3n) is 7.36. The highest BCUT2D eigenvalue weighted by Crippen LogP contribution is 2.40. The van der Waals surface area contributed by atoms with Crippen LogP contribution in [0.5, 0.6) is 5.75 Å². The highest BCUT2D eigenvalue weighted by molar-refractivity contribution is 6.02. The number of allylic oxidation sites excluding steroid dienone is 3. The Kier molecular flexibility index (Phi) is 7.83. The second kappa shape index (κ2) is 10.7. The van der Waals surface area contributed by atoms with Crippen LogP contribution in [-0.2, 0) is 9.59 Å². The average molecular weight is 502 g/mol. The Morgan fingerprint density at radius 2 is 1.83 bits per heavy atom. The first-order valence-corrected chi connectivity index (χ1v) is 12.9. The Bertz CT molecular complexity index is 1010. The number of rotatable bonds is 8. The number of primary amides is 1. The smallest absolute Gasteiger partial charge is 0.265 e. The maximum Gasteiger partial charge on any atom is 0.265 e. The van der Waals surface area contributed by atoms with Crippen LogP contribution in [0.15, 0.2) is 42.5 Å². The topological polar surface area (TPSA) is 75.9 Å².